The molecule has 146 valence electrons. The van der Waals surface area contributed by atoms with Crippen molar-refractivity contribution in [3.05, 3.63) is 64.2 Å². The van der Waals surface area contributed by atoms with Gasteiger partial charge in [-0.1, -0.05) is 12.1 Å². The van der Waals surface area contributed by atoms with E-state index >= 15 is 0 Å². The van der Waals surface area contributed by atoms with Crippen molar-refractivity contribution in [2.24, 2.45) is 0 Å². The lowest BCUT2D eigenvalue weighted by molar-refractivity contribution is -0.384. The van der Waals surface area contributed by atoms with Crippen molar-refractivity contribution in [1.82, 2.24) is 0 Å². The van der Waals surface area contributed by atoms with Crippen LogP contribution in [0.4, 0.5) is 11.4 Å². The van der Waals surface area contributed by atoms with E-state index in [1.807, 2.05) is 18.4 Å². The molecule has 2 rings (SSSR count). The van der Waals surface area contributed by atoms with Crippen LogP contribution in [0.1, 0.15) is 23.2 Å². The van der Waals surface area contributed by atoms with Crippen LogP contribution in [-0.2, 0) is 14.3 Å². The average molecular weight is 402 g/mol. The number of Topliss-reactive ketones (excluding diaryl/α,β-unsaturated/α-hetero) is 1. The first-order valence-electron chi connectivity index (χ1n) is 8.26. The van der Waals surface area contributed by atoms with Crippen LogP contribution in [0.25, 0.3) is 0 Å². The number of ether oxygens (including phenoxy) is 1. The Labute approximate surface area is 165 Å². The number of nitro groups is 1. The number of carbonyl (C=O) groups is 3. The van der Waals surface area contributed by atoms with Crippen molar-refractivity contribution in [1.29, 1.82) is 0 Å². The van der Waals surface area contributed by atoms with Crippen LogP contribution in [0, 0.1) is 10.1 Å². The number of anilines is 1. The molecule has 2 aromatic carbocycles. The summed E-state index contributed by atoms with van der Waals surface area (Å²) in [5.74, 6) is -1.42. The minimum atomic E-state index is -0.659. The Kier molecular flexibility index (Phi) is 7.70. The first-order valence-corrected chi connectivity index (χ1v) is 9.48. The zero-order valence-corrected chi connectivity index (χ0v) is 15.9. The normalized spacial score (nSPS) is 10.2. The van der Waals surface area contributed by atoms with Gasteiger partial charge in [0.15, 0.2) is 12.4 Å². The number of non-ortho nitro benzene ring substituents is 1. The lowest BCUT2D eigenvalue weighted by atomic mass is 10.1. The van der Waals surface area contributed by atoms with Gasteiger partial charge in [-0.15, -0.1) is 11.8 Å². The fourth-order valence-corrected chi connectivity index (χ4v) is 2.63. The van der Waals surface area contributed by atoms with Crippen molar-refractivity contribution in [2.45, 2.75) is 17.7 Å². The maximum atomic E-state index is 12.1. The summed E-state index contributed by atoms with van der Waals surface area (Å²) in [4.78, 5) is 46.6. The third-order valence-electron chi connectivity index (χ3n) is 3.69. The average Bonchev–Trinajstić information content (AvgIpc) is 2.71. The molecule has 8 nitrogen and oxygen atoms in total. The maximum Gasteiger partial charge on any atom is 0.306 e. The van der Waals surface area contributed by atoms with E-state index in [4.69, 9.17) is 4.74 Å². The second kappa shape index (κ2) is 10.2. The number of hydrogen-bond acceptors (Lipinski definition) is 7. The fraction of sp³-hybridized carbons (Fsp3) is 0.211. The molecule has 0 spiro atoms. The van der Waals surface area contributed by atoms with Gasteiger partial charge >= 0.3 is 5.97 Å². The molecule has 0 aliphatic rings. The molecular formula is C19H18N2O6S. The van der Waals surface area contributed by atoms with Crippen molar-refractivity contribution < 1.29 is 24.0 Å². The molecule has 0 radical (unpaired) electrons. The van der Waals surface area contributed by atoms with Crippen LogP contribution in [0.5, 0.6) is 0 Å². The van der Waals surface area contributed by atoms with Gasteiger partial charge < -0.3 is 10.1 Å². The molecule has 1 N–H and O–H groups in total. The zero-order chi connectivity index (χ0) is 20.5. The van der Waals surface area contributed by atoms with Crippen LogP contribution in [0.15, 0.2) is 53.4 Å². The zero-order valence-electron chi connectivity index (χ0n) is 15.0. The van der Waals surface area contributed by atoms with Gasteiger partial charge in [0, 0.05) is 34.7 Å². The third kappa shape index (κ3) is 6.51. The second-order valence-electron chi connectivity index (χ2n) is 5.66. The number of esters is 1. The Morgan fingerprint density at radius 1 is 1.04 bits per heavy atom. The van der Waals surface area contributed by atoms with Gasteiger partial charge in [-0.25, -0.2) is 0 Å². The number of thioether (sulfide) groups is 1. The molecule has 0 saturated heterocycles. The Morgan fingerprint density at radius 2 is 1.68 bits per heavy atom. The highest BCUT2D eigenvalue weighted by molar-refractivity contribution is 7.98. The van der Waals surface area contributed by atoms with E-state index in [2.05, 4.69) is 5.32 Å². The number of nitrogens with one attached hydrogen (secondary N) is 1. The molecule has 0 aromatic heterocycles. The number of ketones is 1. The molecule has 9 heteroatoms. The summed E-state index contributed by atoms with van der Waals surface area (Å²) in [6.45, 7) is -0.508. The smallest absolute Gasteiger partial charge is 0.306 e. The SMILES string of the molecule is CSc1ccc(C(=O)CCC(=O)OCC(=O)Nc2ccc([N+](=O)[O-])cc2)cc1. The van der Waals surface area contributed by atoms with Gasteiger partial charge in [0.25, 0.3) is 11.6 Å². The Morgan fingerprint density at radius 3 is 2.25 bits per heavy atom. The standard InChI is InChI=1S/C19H18N2O6S/c1-28-16-8-2-13(3-9-16)17(22)10-11-19(24)27-12-18(23)20-14-4-6-15(7-5-14)21(25)26/h2-9H,10-12H2,1H3,(H,20,23). The number of nitro benzene ring substituents is 1. The summed E-state index contributed by atoms with van der Waals surface area (Å²) in [6.07, 6.45) is 1.79. The van der Waals surface area contributed by atoms with E-state index in [1.54, 1.807) is 23.9 Å². The molecule has 0 atom stereocenters. The number of benzene rings is 2. The molecular weight excluding hydrogens is 384 g/mol. The molecule has 0 saturated carbocycles. The van der Waals surface area contributed by atoms with Crippen LogP contribution in [0.3, 0.4) is 0 Å². The second-order valence-corrected chi connectivity index (χ2v) is 6.54. The summed E-state index contributed by atoms with van der Waals surface area (Å²) in [6, 6.07) is 12.3. The summed E-state index contributed by atoms with van der Waals surface area (Å²) < 4.78 is 4.85. The number of rotatable bonds is 9. The van der Waals surface area contributed by atoms with Crippen molar-refractivity contribution in [3.8, 4) is 0 Å². The summed E-state index contributed by atoms with van der Waals surface area (Å²) in [5.41, 5.74) is 0.759. The molecule has 0 heterocycles. The van der Waals surface area contributed by atoms with Crippen LogP contribution >= 0.6 is 11.8 Å². The first-order chi connectivity index (χ1) is 13.4. The Balaban J connectivity index is 1.72. The largest absolute Gasteiger partial charge is 0.456 e. The van der Waals surface area contributed by atoms with E-state index in [1.165, 1.54) is 24.3 Å². The first kappa shape index (κ1) is 21.1. The fourth-order valence-electron chi connectivity index (χ4n) is 2.22. The monoisotopic (exact) mass is 402 g/mol. The molecule has 0 bridgehead atoms. The van der Waals surface area contributed by atoms with Gasteiger partial charge in [0.05, 0.1) is 11.3 Å². The van der Waals surface area contributed by atoms with Crippen LogP contribution in [-0.4, -0.2) is 35.4 Å². The van der Waals surface area contributed by atoms with Crippen molar-refractivity contribution in [2.75, 3.05) is 18.2 Å². The highest BCUT2D eigenvalue weighted by Gasteiger charge is 2.12. The van der Waals surface area contributed by atoms with Crippen LogP contribution in [0.2, 0.25) is 0 Å². The Hall–Kier alpha value is -3.20. The predicted molar refractivity (Wildman–Crippen MR) is 104 cm³/mol. The minimum absolute atomic E-state index is 0.0125. The molecule has 28 heavy (non-hydrogen) atoms. The summed E-state index contributed by atoms with van der Waals surface area (Å²) >= 11 is 1.57. The van der Waals surface area contributed by atoms with Crippen molar-refractivity contribution in [3.63, 3.8) is 0 Å². The van der Waals surface area contributed by atoms with E-state index < -0.39 is 23.4 Å². The Bertz CT molecular complexity index is 865. The quantitative estimate of drug-likeness (QED) is 0.224. The number of amides is 1. The molecule has 1 amide bonds. The lowest BCUT2D eigenvalue weighted by Gasteiger charge is -2.06. The summed E-state index contributed by atoms with van der Waals surface area (Å²) in [7, 11) is 0. The molecule has 0 unspecified atom stereocenters. The van der Waals surface area contributed by atoms with Gasteiger partial charge in [-0.2, -0.15) is 0 Å². The molecule has 0 aliphatic carbocycles. The maximum absolute atomic E-state index is 12.1. The van der Waals surface area contributed by atoms with Gasteiger partial charge in [-0.3, -0.25) is 24.5 Å². The number of nitrogens with zero attached hydrogens (tertiary/aromatic N) is 1. The predicted octanol–water partition coefficient (Wildman–Crippen LogP) is 3.46. The highest BCUT2D eigenvalue weighted by Crippen LogP contribution is 2.17. The van der Waals surface area contributed by atoms with Crippen LogP contribution < -0.4 is 5.32 Å². The van der Waals surface area contributed by atoms with Gasteiger partial charge in [0.2, 0.25) is 0 Å². The topological polar surface area (TPSA) is 116 Å². The van der Waals surface area contributed by atoms with Gasteiger partial charge in [0.1, 0.15) is 0 Å². The number of hydrogen-bond donors (Lipinski definition) is 1. The van der Waals surface area contributed by atoms with E-state index in [9.17, 15) is 24.5 Å². The van der Waals surface area contributed by atoms with E-state index in [0.29, 0.717) is 11.3 Å². The highest BCUT2D eigenvalue weighted by atomic mass is 32.2. The molecule has 0 fully saturated rings. The molecule has 0 aliphatic heterocycles. The minimum Gasteiger partial charge on any atom is -0.456 e. The van der Waals surface area contributed by atoms with Crippen molar-refractivity contribution >= 4 is 40.8 Å². The lowest BCUT2D eigenvalue weighted by Crippen LogP contribution is -2.21. The van der Waals surface area contributed by atoms with E-state index in [0.717, 1.165) is 4.90 Å². The number of carbonyl (C=O) groups excluding carboxylic acids is 3. The van der Waals surface area contributed by atoms with Gasteiger partial charge in [-0.05, 0) is 30.5 Å². The third-order valence-corrected chi connectivity index (χ3v) is 4.44. The summed E-state index contributed by atoms with van der Waals surface area (Å²) in [5, 5.41) is 13.0. The molecule has 2 aromatic rings. The van der Waals surface area contributed by atoms with E-state index in [-0.39, 0.29) is 24.3 Å².